The Morgan fingerprint density at radius 1 is 1.33 bits per heavy atom. The zero-order chi connectivity index (χ0) is 11.1. The Kier molecular flexibility index (Phi) is 5.69. The molecule has 0 saturated heterocycles. The van der Waals surface area contributed by atoms with Gasteiger partial charge >= 0.3 is 0 Å². The third kappa shape index (κ3) is 4.20. The second-order valence-electron chi connectivity index (χ2n) is 3.83. The number of hydrogen-bond acceptors (Lipinski definition) is 2. The number of pyridine rings is 1. The van der Waals surface area contributed by atoms with Crippen LogP contribution in [0.25, 0.3) is 0 Å². The monoisotopic (exact) mass is 270 g/mol. The van der Waals surface area contributed by atoms with Gasteiger partial charge in [-0.25, -0.2) is 0 Å². The lowest BCUT2D eigenvalue weighted by atomic mass is 10.2. The molecule has 0 aliphatic heterocycles. The molecule has 0 aromatic carbocycles. The first-order valence-corrected chi connectivity index (χ1v) is 6.55. The second-order valence-corrected chi connectivity index (χ2v) is 4.63. The zero-order valence-corrected chi connectivity index (χ0v) is 11.1. The molecule has 0 aliphatic rings. The number of unbranched alkanes of at least 4 members (excludes halogenated alkanes) is 2. The molecule has 15 heavy (non-hydrogen) atoms. The van der Waals surface area contributed by atoms with E-state index in [2.05, 4.69) is 45.9 Å². The maximum Gasteiger partial charge on any atom is 0.0424 e. The van der Waals surface area contributed by atoms with Crippen LogP contribution in [0.1, 0.15) is 24.8 Å². The van der Waals surface area contributed by atoms with E-state index in [-0.39, 0.29) is 0 Å². The number of aromatic nitrogens is 1. The molecule has 1 aromatic heterocycles. The first kappa shape index (κ1) is 12.5. The molecule has 0 radical (unpaired) electrons. The second kappa shape index (κ2) is 6.83. The molecule has 84 valence electrons. The summed E-state index contributed by atoms with van der Waals surface area (Å²) in [5, 5.41) is 1.12. The molecule has 0 N–H and O–H groups in total. The Morgan fingerprint density at radius 2 is 2.13 bits per heavy atom. The highest BCUT2D eigenvalue weighted by molar-refractivity contribution is 9.09. The molecule has 0 fully saturated rings. The van der Waals surface area contributed by atoms with E-state index in [1.54, 1.807) is 0 Å². The van der Waals surface area contributed by atoms with Crippen molar-refractivity contribution < 1.29 is 0 Å². The molecule has 1 aromatic rings. The lowest BCUT2D eigenvalue weighted by Crippen LogP contribution is -2.19. The SMILES string of the molecule is Cc1cnccc1N(C)CCCCCBr. The van der Waals surface area contributed by atoms with Crippen molar-refractivity contribution in [2.45, 2.75) is 26.2 Å². The lowest BCUT2D eigenvalue weighted by Gasteiger charge is -2.20. The summed E-state index contributed by atoms with van der Waals surface area (Å²) in [7, 11) is 2.15. The Labute approximate surface area is 101 Å². The van der Waals surface area contributed by atoms with Crippen LogP contribution in [0.2, 0.25) is 0 Å². The minimum Gasteiger partial charge on any atom is -0.374 e. The summed E-state index contributed by atoms with van der Waals surface area (Å²) in [6.45, 7) is 3.23. The predicted octanol–water partition coefficient (Wildman–Crippen LogP) is 3.39. The average molecular weight is 271 g/mol. The number of hydrogen-bond donors (Lipinski definition) is 0. The quantitative estimate of drug-likeness (QED) is 0.582. The van der Waals surface area contributed by atoms with Crippen LogP contribution in [0, 0.1) is 6.92 Å². The minimum atomic E-state index is 1.12. The Balaban J connectivity index is 2.40. The van der Waals surface area contributed by atoms with Gasteiger partial charge in [0.15, 0.2) is 0 Å². The van der Waals surface area contributed by atoms with Gasteiger partial charge < -0.3 is 4.90 Å². The molecule has 0 amide bonds. The molecule has 0 atom stereocenters. The predicted molar refractivity (Wildman–Crippen MR) is 69.9 cm³/mol. The third-order valence-corrected chi connectivity index (χ3v) is 3.09. The molecule has 0 saturated carbocycles. The van der Waals surface area contributed by atoms with Gasteiger partial charge in [-0.15, -0.1) is 0 Å². The highest BCUT2D eigenvalue weighted by atomic mass is 79.9. The van der Waals surface area contributed by atoms with Gasteiger partial charge in [-0.3, -0.25) is 4.98 Å². The number of rotatable bonds is 6. The molecule has 0 aliphatic carbocycles. The summed E-state index contributed by atoms with van der Waals surface area (Å²) in [6, 6.07) is 2.08. The fourth-order valence-corrected chi connectivity index (χ4v) is 2.03. The van der Waals surface area contributed by atoms with Crippen LogP contribution in [-0.2, 0) is 0 Å². The molecule has 0 spiro atoms. The molecule has 2 nitrogen and oxygen atoms in total. The van der Waals surface area contributed by atoms with E-state index in [1.165, 1.54) is 30.5 Å². The van der Waals surface area contributed by atoms with Crippen molar-refractivity contribution in [3.8, 4) is 0 Å². The summed E-state index contributed by atoms with van der Waals surface area (Å²) in [5.74, 6) is 0. The van der Waals surface area contributed by atoms with Crippen LogP contribution in [0.3, 0.4) is 0 Å². The highest BCUT2D eigenvalue weighted by Gasteiger charge is 2.02. The fraction of sp³-hybridized carbons (Fsp3) is 0.583. The maximum atomic E-state index is 4.10. The normalized spacial score (nSPS) is 10.3. The number of alkyl halides is 1. The summed E-state index contributed by atoms with van der Waals surface area (Å²) in [4.78, 5) is 6.41. The summed E-state index contributed by atoms with van der Waals surface area (Å²) in [5.41, 5.74) is 2.55. The van der Waals surface area contributed by atoms with Gasteiger partial charge in [-0.05, 0) is 31.4 Å². The van der Waals surface area contributed by atoms with Crippen molar-refractivity contribution >= 4 is 21.6 Å². The van der Waals surface area contributed by atoms with Crippen molar-refractivity contribution in [3.63, 3.8) is 0 Å². The Hall–Kier alpha value is -0.570. The summed E-state index contributed by atoms with van der Waals surface area (Å²) in [6.07, 6.45) is 7.59. The van der Waals surface area contributed by atoms with Crippen LogP contribution in [0.4, 0.5) is 5.69 Å². The van der Waals surface area contributed by atoms with Crippen molar-refractivity contribution in [2.24, 2.45) is 0 Å². The number of nitrogens with zero attached hydrogens (tertiary/aromatic N) is 2. The molecule has 0 bridgehead atoms. The van der Waals surface area contributed by atoms with Crippen molar-refractivity contribution in [1.29, 1.82) is 0 Å². The molecule has 0 unspecified atom stereocenters. The Bertz CT molecular complexity index is 289. The first-order valence-electron chi connectivity index (χ1n) is 5.43. The minimum absolute atomic E-state index is 1.12. The molecule has 1 heterocycles. The van der Waals surface area contributed by atoms with Gasteiger partial charge in [-0.2, -0.15) is 0 Å². The van der Waals surface area contributed by atoms with E-state index in [9.17, 15) is 0 Å². The van der Waals surface area contributed by atoms with Crippen LogP contribution in [0.5, 0.6) is 0 Å². The number of halogens is 1. The molecule has 3 heteroatoms. The topological polar surface area (TPSA) is 16.1 Å². The van der Waals surface area contributed by atoms with Crippen molar-refractivity contribution in [2.75, 3.05) is 23.8 Å². The van der Waals surface area contributed by atoms with Gasteiger partial charge in [0, 0.05) is 37.0 Å². The van der Waals surface area contributed by atoms with Crippen LogP contribution < -0.4 is 4.90 Å². The van der Waals surface area contributed by atoms with E-state index >= 15 is 0 Å². The standard InChI is InChI=1S/C12H19BrN2/c1-11-10-14-8-6-12(11)15(2)9-5-3-4-7-13/h6,8,10H,3-5,7,9H2,1-2H3. The van der Waals surface area contributed by atoms with Gasteiger partial charge in [0.05, 0.1) is 0 Å². The summed E-state index contributed by atoms with van der Waals surface area (Å²) < 4.78 is 0. The smallest absolute Gasteiger partial charge is 0.0424 e. The lowest BCUT2D eigenvalue weighted by molar-refractivity contribution is 0.710. The number of anilines is 1. The number of aryl methyl sites for hydroxylation is 1. The van der Waals surface area contributed by atoms with Crippen LogP contribution >= 0.6 is 15.9 Å². The van der Waals surface area contributed by atoms with E-state index in [0.717, 1.165) is 11.9 Å². The highest BCUT2D eigenvalue weighted by Crippen LogP contribution is 2.17. The first-order chi connectivity index (χ1) is 7.25. The van der Waals surface area contributed by atoms with E-state index in [1.807, 2.05) is 12.4 Å². The third-order valence-electron chi connectivity index (χ3n) is 2.53. The maximum absolute atomic E-state index is 4.10. The Morgan fingerprint density at radius 3 is 2.80 bits per heavy atom. The summed E-state index contributed by atoms with van der Waals surface area (Å²) >= 11 is 3.45. The van der Waals surface area contributed by atoms with E-state index in [0.29, 0.717) is 0 Å². The van der Waals surface area contributed by atoms with Gasteiger partial charge in [0.25, 0.3) is 0 Å². The van der Waals surface area contributed by atoms with E-state index in [4.69, 9.17) is 0 Å². The molecule has 1 rings (SSSR count). The van der Waals surface area contributed by atoms with Crippen LogP contribution in [0.15, 0.2) is 18.5 Å². The van der Waals surface area contributed by atoms with Gasteiger partial charge in [0.2, 0.25) is 0 Å². The van der Waals surface area contributed by atoms with Gasteiger partial charge in [-0.1, -0.05) is 22.4 Å². The van der Waals surface area contributed by atoms with Gasteiger partial charge in [0.1, 0.15) is 0 Å². The van der Waals surface area contributed by atoms with E-state index < -0.39 is 0 Å². The van der Waals surface area contributed by atoms with Crippen molar-refractivity contribution in [3.05, 3.63) is 24.0 Å². The zero-order valence-electron chi connectivity index (χ0n) is 9.54. The molecular weight excluding hydrogens is 252 g/mol. The van der Waals surface area contributed by atoms with Crippen molar-refractivity contribution in [1.82, 2.24) is 4.98 Å². The molecular formula is C12H19BrN2. The fourth-order valence-electron chi connectivity index (χ4n) is 1.64. The average Bonchev–Trinajstić information content (AvgIpc) is 2.25. The largest absolute Gasteiger partial charge is 0.374 e. The van der Waals surface area contributed by atoms with Crippen LogP contribution in [-0.4, -0.2) is 23.9 Å².